The van der Waals surface area contributed by atoms with Gasteiger partial charge in [-0.1, -0.05) is 62.6 Å². The molecular formula is C31H38ClN3O2. The number of fused-ring (bicyclic) bond motifs is 3. The van der Waals surface area contributed by atoms with Crippen molar-refractivity contribution in [3.8, 4) is 0 Å². The number of carbonyl (C=O) groups excluding carboxylic acids is 1. The highest BCUT2D eigenvalue weighted by Crippen LogP contribution is 2.45. The molecule has 2 atom stereocenters. The molecule has 5 nitrogen and oxygen atoms in total. The van der Waals surface area contributed by atoms with E-state index in [-0.39, 0.29) is 5.97 Å². The Balaban J connectivity index is 1.22. The van der Waals surface area contributed by atoms with Crippen LogP contribution in [-0.2, 0) is 11.2 Å². The SMILES string of the molecule is Nc1ccc(N2N=C3c4ccc(C(=O)OCCC5CCCCC5)cc4CC[C@@H]3[C@@H]2C2CCCC2)cc1Cl. The number of anilines is 2. The van der Waals surface area contributed by atoms with Crippen LogP contribution in [0.25, 0.3) is 0 Å². The van der Waals surface area contributed by atoms with Gasteiger partial charge in [0, 0.05) is 11.5 Å². The minimum atomic E-state index is -0.198. The van der Waals surface area contributed by atoms with Crippen molar-refractivity contribution in [1.29, 1.82) is 0 Å². The zero-order chi connectivity index (χ0) is 25.4. The fraction of sp³-hybridized carbons (Fsp3) is 0.548. The molecule has 2 fully saturated rings. The summed E-state index contributed by atoms with van der Waals surface area (Å²) in [6.45, 7) is 0.525. The molecule has 6 rings (SSSR count). The Hall–Kier alpha value is -2.53. The molecule has 0 spiro atoms. The molecular weight excluding hydrogens is 482 g/mol. The second-order valence-corrected chi connectivity index (χ2v) is 11.9. The van der Waals surface area contributed by atoms with Crippen molar-refractivity contribution >= 4 is 34.7 Å². The lowest BCUT2D eigenvalue weighted by molar-refractivity contribution is 0.0474. The highest BCUT2D eigenvalue weighted by Gasteiger charge is 2.45. The summed E-state index contributed by atoms with van der Waals surface area (Å²) >= 11 is 6.42. The van der Waals surface area contributed by atoms with Crippen LogP contribution < -0.4 is 10.7 Å². The van der Waals surface area contributed by atoms with E-state index in [9.17, 15) is 4.79 Å². The number of nitrogens with two attached hydrogens (primary N) is 1. The van der Waals surface area contributed by atoms with E-state index in [2.05, 4.69) is 11.1 Å². The molecule has 0 radical (unpaired) electrons. The number of hydrazone groups is 1. The third-order valence-electron chi connectivity index (χ3n) is 9.22. The molecule has 6 heteroatoms. The number of esters is 1. The molecule has 1 heterocycles. The maximum atomic E-state index is 12.8. The number of carbonyl (C=O) groups is 1. The van der Waals surface area contributed by atoms with E-state index in [0.29, 0.717) is 46.7 Å². The van der Waals surface area contributed by atoms with Crippen LogP contribution in [0.3, 0.4) is 0 Å². The van der Waals surface area contributed by atoms with E-state index >= 15 is 0 Å². The van der Waals surface area contributed by atoms with Gasteiger partial charge in [-0.2, -0.15) is 5.10 Å². The molecule has 0 amide bonds. The van der Waals surface area contributed by atoms with Gasteiger partial charge in [-0.15, -0.1) is 0 Å². The molecule has 0 unspecified atom stereocenters. The number of nitrogen functional groups attached to an aromatic ring is 1. The second kappa shape index (κ2) is 10.7. The average molecular weight is 520 g/mol. The van der Waals surface area contributed by atoms with E-state index in [0.717, 1.165) is 30.7 Å². The Morgan fingerprint density at radius 1 is 1.00 bits per heavy atom. The zero-order valence-corrected chi connectivity index (χ0v) is 22.4. The smallest absolute Gasteiger partial charge is 0.338 e. The molecule has 4 aliphatic rings. The third-order valence-corrected chi connectivity index (χ3v) is 9.55. The van der Waals surface area contributed by atoms with E-state index in [1.54, 1.807) is 0 Å². The number of halogens is 1. The fourth-order valence-electron chi connectivity index (χ4n) is 7.23. The molecule has 0 bridgehead atoms. The van der Waals surface area contributed by atoms with Gasteiger partial charge in [-0.05, 0) is 79.8 Å². The van der Waals surface area contributed by atoms with Gasteiger partial charge in [-0.25, -0.2) is 4.79 Å². The van der Waals surface area contributed by atoms with E-state index in [4.69, 9.17) is 27.2 Å². The van der Waals surface area contributed by atoms with Gasteiger partial charge in [0.05, 0.1) is 40.3 Å². The Bertz CT molecular complexity index is 1180. The first-order valence-corrected chi connectivity index (χ1v) is 14.7. The van der Waals surface area contributed by atoms with Crippen molar-refractivity contribution in [3.63, 3.8) is 0 Å². The molecule has 37 heavy (non-hydrogen) atoms. The van der Waals surface area contributed by atoms with Gasteiger partial charge in [0.2, 0.25) is 0 Å². The molecule has 0 aromatic heterocycles. The average Bonchev–Trinajstić information content (AvgIpc) is 3.58. The summed E-state index contributed by atoms with van der Waals surface area (Å²) < 4.78 is 5.69. The van der Waals surface area contributed by atoms with E-state index < -0.39 is 0 Å². The molecule has 2 saturated carbocycles. The number of hydrogen-bond donors (Lipinski definition) is 1. The lowest BCUT2D eigenvalue weighted by Gasteiger charge is -2.34. The number of nitrogens with zero attached hydrogens (tertiary/aromatic N) is 2. The topological polar surface area (TPSA) is 67.9 Å². The maximum Gasteiger partial charge on any atom is 0.338 e. The summed E-state index contributed by atoms with van der Waals surface area (Å²) in [5.41, 5.74) is 11.8. The lowest BCUT2D eigenvalue weighted by Crippen LogP contribution is -2.40. The van der Waals surface area contributed by atoms with Crippen LogP contribution >= 0.6 is 11.6 Å². The number of benzene rings is 2. The van der Waals surface area contributed by atoms with Crippen molar-refractivity contribution in [2.45, 2.75) is 83.1 Å². The molecule has 1 aliphatic heterocycles. The standard InChI is InChI=1S/C31H38ClN3O2/c32-27-19-24(12-15-28(27)33)35-30(21-8-4-5-9-21)26-14-10-22-18-23(11-13-25(22)29(26)34-35)31(36)37-17-16-20-6-2-1-3-7-20/h11-13,15,18-21,26,30H,1-10,14,16-17,33H2/t26-,30-/m0/s1. The van der Waals surface area contributed by atoms with Crippen molar-refractivity contribution in [1.82, 2.24) is 0 Å². The normalized spacial score (nSPS) is 24.0. The molecule has 2 aromatic rings. The first-order valence-electron chi connectivity index (χ1n) is 14.3. The van der Waals surface area contributed by atoms with E-state index in [1.807, 2.05) is 30.3 Å². The van der Waals surface area contributed by atoms with E-state index in [1.165, 1.54) is 68.9 Å². The Kier molecular flexibility index (Phi) is 7.16. The molecule has 2 N–H and O–H groups in total. The van der Waals surface area contributed by atoms with Crippen molar-refractivity contribution in [3.05, 3.63) is 58.1 Å². The monoisotopic (exact) mass is 519 g/mol. The summed E-state index contributed by atoms with van der Waals surface area (Å²) in [7, 11) is 0. The largest absolute Gasteiger partial charge is 0.462 e. The number of aryl methyl sites for hydroxylation is 1. The summed E-state index contributed by atoms with van der Waals surface area (Å²) in [6, 6.07) is 12.3. The van der Waals surface area contributed by atoms with Gasteiger partial charge in [-0.3, -0.25) is 5.01 Å². The Morgan fingerprint density at radius 2 is 1.78 bits per heavy atom. The lowest BCUT2D eigenvalue weighted by atomic mass is 9.75. The van der Waals surface area contributed by atoms with Crippen LogP contribution in [0.5, 0.6) is 0 Å². The van der Waals surface area contributed by atoms with Crippen LogP contribution in [0.2, 0.25) is 5.02 Å². The first kappa shape index (κ1) is 24.8. The predicted molar refractivity (Wildman–Crippen MR) is 150 cm³/mol. The van der Waals surface area contributed by atoms with Gasteiger partial charge in [0.1, 0.15) is 0 Å². The second-order valence-electron chi connectivity index (χ2n) is 11.5. The minimum absolute atomic E-state index is 0.198. The molecule has 0 saturated heterocycles. The van der Waals surface area contributed by atoms with Gasteiger partial charge in [0.25, 0.3) is 0 Å². The quantitative estimate of drug-likeness (QED) is 0.319. The van der Waals surface area contributed by atoms with Crippen molar-refractivity contribution in [2.75, 3.05) is 17.3 Å². The van der Waals surface area contributed by atoms with Gasteiger partial charge in [0.15, 0.2) is 0 Å². The molecule has 2 aromatic carbocycles. The predicted octanol–water partition coefficient (Wildman–Crippen LogP) is 7.39. The Labute approximate surface area is 225 Å². The minimum Gasteiger partial charge on any atom is -0.462 e. The number of rotatable bonds is 6. The van der Waals surface area contributed by atoms with Crippen molar-refractivity contribution < 1.29 is 9.53 Å². The number of ether oxygens (including phenoxy) is 1. The first-order chi connectivity index (χ1) is 18.1. The van der Waals surface area contributed by atoms with Crippen molar-refractivity contribution in [2.24, 2.45) is 22.9 Å². The summed E-state index contributed by atoms with van der Waals surface area (Å²) in [6.07, 6.45) is 14.6. The summed E-state index contributed by atoms with van der Waals surface area (Å²) in [5, 5.41) is 8.03. The third kappa shape index (κ3) is 4.99. The fourth-order valence-corrected chi connectivity index (χ4v) is 7.41. The zero-order valence-electron chi connectivity index (χ0n) is 21.6. The van der Waals surface area contributed by atoms with Gasteiger partial charge < -0.3 is 10.5 Å². The van der Waals surface area contributed by atoms with Crippen LogP contribution in [0.4, 0.5) is 11.4 Å². The van der Waals surface area contributed by atoms with Crippen LogP contribution in [0.15, 0.2) is 41.5 Å². The molecule has 3 aliphatic carbocycles. The highest BCUT2D eigenvalue weighted by atomic mass is 35.5. The number of hydrogen-bond acceptors (Lipinski definition) is 5. The highest BCUT2D eigenvalue weighted by molar-refractivity contribution is 6.33. The van der Waals surface area contributed by atoms with Crippen LogP contribution in [0, 0.1) is 17.8 Å². The maximum absolute atomic E-state index is 12.8. The summed E-state index contributed by atoms with van der Waals surface area (Å²) in [4.78, 5) is 12.8. The van der Waals surface area contributed by atoms with Gasteiger partial charge >= 0.3 is 5.97 Å². The summed E-state index contributed by atoms with van der Waals surface area (Å²) in [5.74, 6) is 1.54. The Morgan fingerprint density at radius 3 is 2.57 bits per heavy atom. The van der Waals surface area contributed by atoms with Crippen LogP contribution in [-0.4, -0.2) is 24.3 Å². The molecule has 196 valence electrons. The van der Waals surface area contributed by atoms with Crippen LogP contribution in [0.1, 0.15) is 92.1 Å².